The summed E-state index contributed by atoms with van der Waals surface area (Å²) in [5.74, 6) is -5.14. The minimum absolute atomic E-state index is 0.00612. The maximum absolute atomic E-state index is 12.3. The number of aliphatic hydroxyl groups is 1. The topological polar surface area (TPSA) is 208 Å². The molecule has 28 heavy (non-hydrogen) atoms. The van der Waals surface area contributed by atoms with E-state index in [1.165, 1.54) is 13.8 Å². The van der Waals surface area contributed by atoms with Gasteiger partial charge in [-0.1, -0.05) is 0 Å². The Morgan fingerprint density at radius 1 is 0.964 bits per heavy atom. The van der Waals surface area contributed by atoms with Crippen LogP contribution in [0.2, 0.25) is 0 Å². The van der Waals surface area contributed by atoms with Gasteiger partial charge in [0.2, 0.25) is 17.7 Å². The molecule has 0 rings (SSSR count). The van der Waals surface area contributed by atoms with Crippen LogP contribution in [0, 0.1) is 0 Å². The third-order valence-corrected chi connectivity index (χ3v) is 4.00. The molecule has 3 amide bonds. The summed E-state index contributed by atoms with van der Waals surface area (Å²) < 4.78 is 0. The molecular formula is C15H26N4O8S. The molecule has 5 unspecified atom stereocenters. The zero-order valence-corrected chi connectivity index (χ0v) is 16.3. The number of rotatable bonds is 12. The summed E-state index contributed by atoms with van der Waals surface area (Å²) in [6.07, 6.45) is -2.07. The minimum Gasteiger partial charge on any atom is -0.481 e. The molecule has 0 fully saturated rings. The number of aliphatic hydroxyl groups excluding tert-OH is 1. The number of carbonyl (C=O) groups excluding carboxylic acids is 3. The Balaban J connectivity index is 5.06. The van der Waals surface area contributed by atoms with Crippen molar-refractivity contribution < 1.29 is 39.3 Å². The first kappa shape index (κ1) is 25.6. The van der Waals surface area contributed by atoms with Crippen molar-refractivity contribution in [3.63, 3.8) is 0 Å². The number of aliphatic carboxylic acids is 2. The second-order valence-electron chi connectivity index (χ2n) is 6.08. The van der Waals surface area contributed by atoms with Crippen LogP contribution in [0.1, 0.15) is 26.7 Å². The Hall–Kier alpha value is -2.38. The van der Waals surface area contributed by atoms with Crippen LogP contribution in [0.3, 0.4) is 0 Å². The molecule has 5 atom stereocenters. The van der Waals surface area contributed by atoms with E-state index in [0.29, 0.717) is 0 Å². The van der Waals surface area contributed by atoms with E-state index in [-0.39, 0.29) is 12.2 Å². The number of thiol groups is 1. The normalized spacial score (nSPS) is 16.0. The standard InChI is InChI=1S/C15H26N4O8S/c1-6(12(23)19-11(7(2)20)15(26)27)17-14(25)9(3-4-10(21)22)18-13(24)8(16)5-28/h6-9,11,20,28H,3-5,16H2,1-2H3,(H,17,25)(H,18,24)(H,19,23)(H,21,22)(H,26,27). The molecular weight excluding hydrogens is 396 g/mol. The van der Waals surface area contributed by atoms with Crippen LogP contribution in [0.4, 0.5) is 0 Å². The molecule has 0 aliphatic heterocycles. The van der Waals surface area contributed by atoms with Crippen LogP contribution in [0.25, 0.3) is 0 Å². The summed E-state index contributed by atoms with van der Waals surface area (Å²) in [5, 5.41) is 33.7. The van der Waals surface area contributed by atoms with Crippen LogP contribution >= 0.6 is 12.6 Å². The number of amides is 3. The van der Waals surface area contributed by atoms with E-state index in [9.17, 15) is 29.1 Å². The molecule has 0 saturated heterocycles. The Kier molecular flexibility index (Phi) is 11.1. The average molecular weight is 422 g/mol. The Morgan fingerprint density at radius 2 is 1.54 bits per heavy atom. The summed E-state index contributed by atoms with van der Waals surface area (Å²) >= 11 is 3.86. The van der Waals surface area contributed by atoms with Gasteiger partial charge in [0, 0.05) is 12.2 Å². The molecule has 0 saturated carbocycles. The van der Waals surface area contributed by atoms with Crippen LogP contribution in [-0.2, 0) is 24.0 Å². The summed E-state index contributed by atoms with van der Waals surface area (Å²) in [6.45, 7) is 2.42. The van der Waals surface area contributed by atoms with Gasteiger partial charge in [-0.05, 0) is 20.3 Å². The summed E-state index contributed by atoms with van der Waals surface area (Å²) in [4.78, 5) is 58.0. The maximum Gasteiger partial charge on any atom is 0.328 e. The van der Waals surface area contributed by atoms with E-state index in [1.807, 2.05) is 0 Å². The lowest BCUT2D eigenvalue weighted by molar-refractivity contribution is -0.145. The number of carboxylic acid groups (broad SMARTS) is 2. The fourth-order valence-electron chi connectivity index (χ4n) is 1.94. The van der Waals surface area contributed by atoms with Gasteiger partial charge in [0.05, 0.1) is 12.1 Å². The van der Waals surface area contributed by atoms with Gasteiger partial charge in [-0.15, -0.1) is 0 Å². The molecule has 0 spiro atoms. The van der Waals surface area contributed by atoms with Crippen molar-refractivity contribution in [1.82, 2.24) is 16.0 Å². The predicted molar refractivity (Wildman–Crippen MR) is 99.5 cm³/mol. The third kappa shape index (κ3) is 9.01. The molecule has 8 N–H and O–H groups in total. The van der Waals surface area contributed by atoms with E-state index in [1.54, 1.807) is 0 Å². The maximum atomic E-state index is 12.3. The molecule has 0 heterocycles. The molecule has 160 valence electrons. The molecule has 0 aromatic rings. The monoisotopic (exact) mass is 422 g/mol. The van der Waals surface area contributed by atoms with Crippen molar-refractivity contribution in [1.29, 1.82) is 0 Å². The number of carboxylic acids is 2. The first-order valence-electron chi connectivity index (χ1n) is 8.30. The average Bonchev–Trinajstić information content (AvgIpc) is 2.60. The molecule has 0 radical (unpaired) electrons. The van der Waals surface area contributed by atoms with E-state index in [2.05, 4.69) is 28.6 Å². The van der Waals surface area contributed by atoms with Gasteiger partial charge in [0.1, 0.15) is 12.1 Å². The van der Waals surface area contributed by atoms with Crippen molar-refractivity contribution in [2.75, 3.05) is 5.75 Å². The van der Waals surface area contributed by atoms with Gasteiger partial charge in [-0.25, -0.2) is 4.79 Å². The first-order valence-corrected chi connectivity index (χ1v) is 8.94. The van der Waals surface area contributed by atoms with Crippen molar-refractivity contribution >= 4 is 42.3 Å². The van der Waals surface area contributed by atoms with E-state index >= 15 is 0 Å². The van der Waals surface area contributed by atoms with Crippen LogP contribution in [-0.4, -0.2) is 81.0 Å². The second-order valence-corrected chi connectivity index (χ2v) is 6.44. The fraction of sp³-hybridized carbons (Fsp3) is 0.667. The minimum atomic E-state index is -1.58. The highest BCUT2D eigenvalue weighted by Gasteiger charge is 2.30. The van der Waals surface area contributed by atoms with Crippen LogP contribution < -0.4 is 21.7 Å². The van der Waals surface area contributed by atoms with Gasteiger partial charge in [0.25, 0.3) is 0 Å². The number of hydrogen-bond acceptors (Lipinski definition) is 8. The molecule has 13 heteroatoms. The first-order chi connectivity index (χ1) is 12.9. The third-order valence-electron chi connectivity index (χ3n) is 3.61. The molecule has 0 aromatic heterocycles. The smallest absolute Gasteiger partial charge is 0.328 e. The summed E-state index contributed by atoms with van der Waals surface area (Å²) in [6, 6.07) is -5.11. The highest BCUT2D eigenvalue weighted by Crippen LogP contribution is 2.01. The number of nitrogens with two attached hydrogens (primary N) is 1. The number of hydrogen-bond donors (Lipinski definition) is 8. The predicted octanol–water partition coefficient (Wildman–Crippen LogP) is -2.95. The van der Waals surface area contributed by atoms with Gasteiger partial charge in [-0.2, -0.15) is 12.6 Å². The van der Waals surface area contributed by atoms with Gasteiger partial charge in [-0.3, -0.25) is 19.2 Å². The quantitative estimate of drug-likeness (QED) is 0.151. The Labute approximate surface area is 166 Å². The van der Waals surface area contributed by atoms with Crippen molar-refractivity contribution in [3.8, 4) is 0 Å². The van der Waals surface area contributed by atoms with Crippen LogP contribution in [0.15, 0.2) is 0 Å². The number of nitrogens with one attached hydrogen (secondary N) is 3. The number of carbonyl (C=O) groups is 5. The molecule has 0 aromatic carbocycles. The SMILES string of the molecule is CC(NC(=O)C(CCC(=O)O)NC(=O)C(N)CS)C(=O)NC(C(=O)O)C(C)O. The lowest BCUT2D eigenvalue weighted by atomic mass is 10.1. The van der Waals surface area contributed by atoms with Crippen molar-refractivity contribution in [2.45, 2.75) is 57.0 Å². The molecule has 0 bridgehead atoms. The zero-order valence-electron chi connectivity index (χ0n) is 15.4. The van der Waals surface area contributed by atoms with Gasteiger partial charge in [0.15, 0.2) is 6.04 Å². The van der Waals surface area contributed by atoms with E-state index in [4.69, 9.17) is 15.9 Å². The van der Waals surface area contributed by atoms with Gasteiger partial charge >= 0.3 is 11.9 Å². The van der Waals surface area contributed by atoms with E-state index < -0.39 is 66.4 Å². The lowest BCUT2D eigenvalue weighted by Crippen LogP contribution is -2.57. The summed E-state index contributed by atoms with van der Waals surface area (Å²) in [5.41, 5.74) is 5.50. The zero-order chi connectivity index (χ0) is 22.0. The Morgan fingerprint density at radius 3 is 1.96 bits per heavy atom. The fourth-order valence-corrected chi connectivity index (χ4v) is 2.11. The highest BCUT2D eigenvalue weighted by atomic mass is 32.1. The molecule has 0 aliphatic carbocycles. The largest absolute Gasteiger partial charge is 0.481 e. The summed E-state index contributed by atoms with van der Waals surface area (Å²) in [7, 11) is 0. The van der Waals surface area contributed by atoms with Crippen molar-refractivity contribution in [3.05, 3.63) is 0 Å². The molecule has 0 aliphatic rings. The molecule has 12 nitrogen and oxygen atoms in total. The van der Waals surface area contributed by atoms with Crippen molar-refractivity contribution in [2.24, 2.45) is 5.73 Å². The van der Waals surface area contributed by atoms with E-state index in [0.717, 1.165) is 0 Å². The van der Waals surface area contributed by atoms with Crippen LogP contribution in [0.5, 0.6) is 0 Å². The lowest BCUT2D eigenvalue weighted by Gasteiger charge is -2.23. The highest BCUT2D eigenvalue weighted by molar-refractivity contribution is 7.80. The Bertz CT molecular complexity index is 601. The van der Waals surface area contributed by atoms with Gasteiger partial charge < -0.3 is 37.0 Å². The second kappa shape index (κ2) is 12.2.